The van der Waals surface area contributed by atoms with Crippen molar-refractivity contribution in [2.45, 2.75) is 38.3 Å². The second-order valence-corrected chi connectivity index (χ2v) is 5.71. The summed E-state index contributed by atoms with van der Waals surface area (Å²) >= 11 is 3.39. The fourth-order valence-electron chi connectivity index (χ4n) is 2.34. The fraction of sp³-hybridized carbons (Fsp3) is 0.500. The lowest BCUT2D eigenvalue weighted by Crippen LogP contribution is -2.38. The second kappa shape index (κ2) is 6.34. The molecule has 1 fully saturated rings. The molecule has 2 unspecified atom stereocenters. The lowest BCUT2D eigenvalue weighted by atomic mass is 9.85. The highest BCUT2D eigenvalue weighted by Gasteiger charge is 2.29. The molecule has 3 nitrogen and oxygen atoms in total. The molecule has 98 valence electrons. The molecule has 2 rings (SSSR count). The van der Waals surface area contributed by atoms with Crippen molar-refractivity contribution < 1.29 is 9.53 Å². The average Bonchev–Trinajstić information content (AvgIpc) is 2.37. The topological polar surface area (TPSA) is 52.3 Å². The SMILES string of the molecule is NC1CCCCC1C(=O)OCc1cccc(Br)c1. The number of carbonyl (C=O) groups is 1. The van der Waals surface area contributed by atoms with Gasteiger partial charge in [-0.15, -0.1) is 0 Å². The third-order valence-electron chi connectivity index (χ3n) is 3.39. The zero-order chi connectivity index (χ0) is 13.0. The summed E-state index contributed by atoms with van der Waals surface area (Å²) in [5, 5.41) is 0. The lowest BCUT2D eigenvalue weighted by molar-refractivity contribution is -0.151. The molecule has 2 atom stereocenters. The standard InChI is InChI=1S/C14H18BrNO2/c15-11-5-3-4-10(8-11)9-18-14(17)12-6-1-2-7-13(12)16/h3-5,8,12-13H,1-2,6-7,9,16H2. The summed E-state index contributed by atoms with van der Waals surface area (Å²) in [5.74, 6) is -0.270. The molecule has 0 radical (unpaired) electrons. The molecule has 2 N–H and O–H groups in total. The number of hydrogen-bond acceptors (Lipinski definition) is 3. The van der Waals surface area contributed by atoms with Gasteiger partial charge in [-0.05, 0) is 30.5 Å². The molecule has 1 aromatic rings. The van der Waals surface area contributed by atoms with E-state index in [-0.39, 0.29) is 17.9 Å². The summed E-state index contributed by atoms with van der Waals surface area (Å²) in [7, 11) is 0. The molecule has 0 aliphatic heterocycles. The molecule has 1 saturated carbocycles. The first kappa shape index (κ1) is 13.6. The molecule has 1 aliphatic carbocycles. The van der Waals surface area contributed by atoms with Gasteiger partial charge in [0, 0.05) is 10.5 Å². The summed E-state index contributed by atoms with van der Waals surface area (Å²) in [5.41, 5.74) is 6.95. The van der Waals surface area contributed by atoms with Gasteiger partial charge in [0.15, 0.2) is 0 Å². The highest BCUT2D eigenvalue weighted by Crippen LogP contribution is 2.24. The summed E-state index contributed by atoms with van der Waals surface area (Å²) < 4.78 is 6.34. The van der Waals surface area contributed by atoms with Crippen LogP contribution in [0.4, 0.5) is 0 Å². The van der Waals surface area contributed by atoms with E-state index in [0.29, 0.717) is 6.61 Å². The Labute approximate surface area is 116 Å². The molecule has 1 aliphatic rings. The quantitative estimate of drug-likeness (QED) is 0.873. The van der Waals surface area contributed by atoms with Crippen LogP contribution in [0.2, 0.25) is 0 Å². The Balaban J connectivity index is 1.88. The van der Waals surface area contributed by atoms with Crippen LogP contribution in [0.1, 0.15) is 31.2 Å². The van der Waals surface area contributed by atoms with Crippen molar-refractivity contribution in [3.8, 4) is 0 Å². The summed E-state index contributed by atoms with van der Waals surface area (Å²) in [6.45, 7) is 0.321. The fourth-order valence-corrected chi connectivity index (χ4v) is 2.79. The van der Waals surface area contributed by atoms with Crippen LogP contribution in [0.3, 0.4) is 0 Å². The van der Waals surface area contributed by atoms with E-state index in [1.807, 2.05) is 24.3 Å². The van der Waals surface area contributed by atoms with E-state index in [4.69, 9.17) is 10.5 Å². The van der Waals surface area contributed by atoms with E-state index in [1.54, 1.807) is 0 Å². The average molecular weight is 312 g/mol. The van der Waals surface area contributed by atoms with Crippen molar-refractivity contribution in [2.75, 3.05) is 0 Å². The van der Waals surface area contributed by atoms with Crippen LogP contribution in [0.15, 0.2) is 28.7 Å². The predicted octanol–water partition coefficient (Wildman–Crippen LogP) is 3.01. The van der Waals surface area contributed by atoms with Crippen LogP contribution in [-0.2, 0) is 16.1 Å². The Morgan fingerprint density at radius 1 is 1.39 bits per heavy atom. The van der Waals surface area contributed by atoms with Gasteiger partial charge in [-0.25, -0.2) is 0 Å². The highest BCUT2D eigenvalue weighted by molar-refractivity contribution is 9.10. The molecule has 0 bridgehead atoms. The van der Waals surface area contributed by atoms with E-state index < -0.39 is 0 Å². The van der Waals surface area contributed by atoms with Crippen LogP contribution in [-0.4, -0.2) is 12.0 Å². The molecular formula is C14H18BrNO2. The highest BCUT2D eigenvalue weighted by atomic mass is 79.9. The number of ether oxygens (including phenoxy) is 1. The van der Waals surface area contributed by atoms with E-state index in [0.717, 1.165) is 35.7 Å². The van der Waals surface area contributed by atoms with Gasteiger partial charge >= 0.3 is 5.97 Å². The lowest BCUT2D eigenvalue weighted by Gasteiger charge is -2.26. The first-order chi connectivity index (χ1) is 8.66. The Bertz CT molecular complexity index is 422. The van der Waals surface area contributed by atoms with Crippen molar-refractivity contribution in [1.82, 2.24) is 0 Å². The number of nitrogens with two attached hydrogens (primary N) is 1. The van der Waals surface area contributed by atoms with Gasteiger partial charge in [0.1, 0.15) is 6.61 Å². The first-order valence-electron chi connectivity index (χ1n) is 6.33. The Morgan fingerprint density at radius 2 is 2.17 bits per heavy atom. The van der Waals surface area contributed by atoms with Gasteiger partial charge in [0.2, 0.25) is 0 Å². The predicted molar refractivity (Wildman–Crippen MR) is 73.9 cm³/mol. The number of carbonyl (C=O) groups excluding carboxylic acids is 1. The normalized spacial score (nSPS) is 23.7. The summed E-state index contributed by atoms with van der Waals surface area (Å²) in [6.07, 6.45) is 3.98. The van der Waals surface area contributed by atoms with Gasteiger partial charge in [-0.3, -0.25) is 4.79 Å². The van der Waals surface area contributed by atoms with Crippen molar-refractivity contribution >= 4 is 21.9 Å². The van der Waals surface area contributed by atoms with E-state index in [2.05, 4.69) is 15.9 Å². The maximum atomic E-state index is 12.0. The van der Waals surface area contributed by atoms with Crippen LogP contribution >= 0.6 is 15.9 Å². The van der Waals surface area contributed by atoms with Gasteiger partial charge in [-0.1, -0.05) is 40.9 Å². The van der Waals surface area contributed by atoms with Crippen molar-refractivity contribution in [3.63, 3.8) is 0 Å². The second-order valence-electron chi connectivity index (χ2n) is 4.79. The monoisotopic (exact) mass is 311 g/mol. The van der Waals surface area contributed by atoms with Crippen LogP contribution in [0.25, 0.3) is 0 Å². The molecule has 18 heavy (non-hydrogen) atoms. The third-order valence-corrected chi connectivity index (χ3v) is 3.89. The summed E-state index contributed by atoms with van der Waals surface area (Å²) in [4.78, 5) is 12.0. The number of halogens is 1. The molecule has 0 amide bonds. The van der Waals surface area contributed by atoms with Crippen molar-refractivity contribution in [1.29, 1.82) is 0 Å². The summed E-state index contributed by atoms with van der Waals surface area (Å²) in [6, 6.07) is 7.74. The Hall–Kier alpha value is -0.870. The Morgan fingerprint density at radius 3 is 2.89 bits per heavy atom. The van der Waals surface area contributed by atoms with E-state index >= 15 is 0 Å². The maximum Gasteiger partial charge on any atom is 0.310 e. The molecule has 0 saturated heterocycles. The number of rotatable bonds is 3. The van der Waals surface area contributed by atoms with Gasteiger partial charge in [0.05, 0.1) is 5.92 Å². The van der Waals surface area contributed by atoms with Crippen LogP contribution < -0.4 is 5.73 Å². The first-order valence-corrected chi connectivity index (χ1v) is 7.13. The molecular weight excluding hydrogens is 294 g/mol. The zero-order valence-electron chi connectivity index (χ0n) is 10.3. The molecule has 1 aromatic carbocycles. The minimum absolute atomic E-state index is 0.0336. The smallest absolute Gasteiger partial charge is 0.310 e. The number of benzene rings is 1. The zero-order valence-corrected chi connectivity index (χ0v) is 11.9. The van der Waals surface area contributed by atoms with Gasteiger partial charge in [-0.2, -0.15) is 0 Å². The van der Waals surface area contributed by atoms with Gasteiger partial charge in [0.25, 0.3) is 0 Å². The number of hydrogen-bond donors (Lipinski definition) is 1. The molecule has 0 aromatic heterocycles. The molecule has 0 heterocycles. The van der Waals surface area contributed by atoms with Crippen LogP contribution in [0, 0.1) is 5.92 Å². The van der Waals surface area contributed by atoms with Crippen molar-refractivity contribution in [3.05, 3.63) is 34.3 Å². The van der Waals surface area contributed by atoms with Gasteiger partial charge < -0.3 is 10.5 Å². The molecule has 0 spiro atoms. The largest absolute Gasteiger partial charge is 0.461 e. The van der Waals surface area contributed by atoms with E-state index in [9.17, 15) is 4.79 Å². The molecule has 4 heteroatoms. The third kappa shape index (κ3) is 3.56. The Kier molecular flexibility index (Phi) is 4.78. The minimum atomic E-state index is -0.151. The van der Waals surface area contributed by atoms with Crippen LogP contribution in [0.5, 0.6) is 0 Å². The van der Waals surface area contributed by atoms with E-state index in [1.165, 1.54) is 0 Å². The van der Waals surface area contributed by atoms with Crippen molar-refractivity contribution in [2.24, 2.45) is 11.7 Å². The number of esters is 1. The minimum Gasteiger partial charge on any atom is -0.461 e. The maximum absolute atomic E-state index is 12.0.